The van der Waals surface area contributed by atoms with Crippen LogP contribution in [0.25, 0.3) is 0 Å². The number of nitrogens with zero attached hydrogens (tertiary/aromatic N) is 2. The molecule has 1 fully saturated rings. The minimum Gasteiger partial charge on any atom is -0.462 e. The van der Waals surface area contributed by atoms with Gasteiger partial charge in [-0.3, -0.25) is 4.79 Å². The van der Waals surface area contributed by atoms with Crippen LogP contribution in [0.1, 0.15) is 67.6 Å². The summed E-state index contributed by atoms with van der Waals surface area (Å²) in [5.74, 6) is -0.534. The predicted molar refractivity (Wildman–Crippen MR) is 100.0 cm³/mol. The van der Waals surface area contributed by atoms with Crippen molar-refractivity contribution in [3.63, 3.8) is 0 Å². The van der Waals surface area contributed by atoms with Crippen LogP contribution in [0.15, 0.2) is 11.1 Å². The SMILES string of the molecule is CCOC(=O)c1cc(C#N)c(S[C@@H](C)C(=O)NC2CCCCC2)nc1C. The van der Waals surface area contributed by atoms with Crippen LogP contribution >= 0.6 is 11.8 Å². The number of hydrogen-bond donors (Lipinski definition) is 1. The number of carbonyl (C=O) groups excluding carboxylic acids is 2. The average molecular weight is 375 g/mol. The van der Waals surface area contributed by atoms with Crippen molar-refractivity contribution in [2.24, 2.45) is 0 Å². The summed E-state index contributed by atoms with van der Waals surface area (Å²) in [6, 6.07) is 3.80. The zero-order valence-corrected chi connectivity index (χ0v) is 16.3. The van der Waals surface area contributed by atoms with Crippen molar-refractivity contribution < 1.29 is 14.3 Å². The number of carbonyl (C=O) groups is 2. The monoisotopic (exact) mass is 375 g/mol. The summed E-state index contributed by atoms with van der Waals surface area (Å²) in [4.78, 5) is 28.8. The van der Waals surface area contributed by atoms with Gasteiger partial charge in [-0.1, -0.05) is 31.0 Å². The van der Waals surface area contributed by atoms with Crippen LogP contribution < -0.4 is 5.32 Å². The molecule has 140 valence electrons. The number of ether oxygens (including phenoxy) is 1. The summed E-state index contributed by atoms with van der Waals surface area (Å²) >= 11 is 1.24. The minimum absolute atomic E-state index is 0.0419. The first-order valence-corrected chi connectivity index (χ1v) is 9.90. The van der Waals surface area contributed by atoms with E-state index in [0.717, 1.165) is 25.7 Å². The number of amides is 1. The molecule has 1 aromatic heterocycles. The second kappa shape index (κ2) is 9.58. The molecule has 1 aromatic rings. The van der Waals surface area contributed by atoms with E-state index in [4.69, 9.17) is 4.74 Å². The Morgan fingerprint density at radius 2 is 2.12 bits per heavy atom. The van der Waals surface area contributed by atoms with Gasteiger partial charge >= 0.3 is 5.97 Å². The van der Waals surface area contributed by atoms with E-state index in [2.05, 4.69) is 16.4 Å². The van der Waals surface area contributed by atoms with Crippen LogP contribution in [-0.2, 0) is 9.53 Å². The Labute approximate surface area is 158 Å². The molecule has 1 aliphatic carbocycles. The normalized spacial score (nSPS) is 15.8. The smallest absolute Gasteiger partial charge is 0.340 e. The van der Waals surface area contributed by atoms with Gasteiger partial charge in [0.25, 0.3) is 0 Å². The lowest BCUT2D eigenvalue weighted by Crippen LogP contribution is -2.40. The van der Waals surface area contributed by atoms with Gasteiger partial charge in [-0.15, -0.1) is 0 Å². The van der Waals surface area contributed by atoms with Crippen molar-refractivity contribution in [1.82, 2.24) is 10.3 Å². The molecule has 0 saturated heterocycles. The van der Waals surface area contributed by atoms with Crippen LogP contribution in [0.3, 0.4) is 0 Å². The molecular weight excluding hydrogens is 350 g/mol. The number of hydrogen-bond acceptors (Lipinski definition) is 6. The van der Waals surface area contributed by atoms with Crippen molar-refractivity contribution in [3.8, 4) is 6.07 Å². The Morgan fingerprint density at radius 3 is 2.73 bits per heavy atom. The van der Waals surface area contributed by atoms with E-state index in [1.54, 1.807) is 20.8 Å². The third kappa shape index (κ3) is 5.21. The molecule has 1 amide bonds. The van der Waals surface area contributed by atoms with Gasteiger partial charge in [0.05, 0.1) is 28.7 Å². The molecule has 0 radical (unpaired) electrons. The van der Waals surface area contributed by atoms with E-state index in [1.807, 2.05) is 0 Å². The standard InChI is InChI=1S/C19H25N3O3S/c1-4-25-19(24)16-10-14(11-20)18(21-12(16)2)26-13(3)17(23)22-15-8-6-5-7-9-15/h10,13,15H,4-9H2,1-3H3,(H,22,23)/t13-/m0/s1. The number of pyridine rings is 1. The number of aromatic nitrogens is 1. The van der Waals surface area contributed by atoms with Crippen LogP contribution in [0.2, 0.25) is 0 Å². The third-order valence-electron chi connectivity index (χ3n) is 4.40. The number of nitrogens with one attached hydrogen (secondary N) is 1. The van der Waals surface area contributed by atoms with Gasteiger partial charge in [0.2, 0.25) is 5.91 Å². The Morgan fingerprint density at radius 1 is 1.42 bits per heavy atom. The fourth-order valence-corrected chi connectivity index (χ4v) is 3.89. The first kappa shape index (κ1) is 20.2. The lowest BCUT2D eigenvalue weighted by Gasteiger charge is -2.24. The maximum atomic E-state index is 12.4. The third-order valence-corrected chi connectivity index (χ3v) is 5.51. The molecule has 0 spiro atoms. The zero-order chi connectivity index (χ0) is 19.1. The number of thioether (sulfide) groups is 1. The fourth-order valence-electron chi connectivity index (χ4n) is 2.96. The minimum atomic E-state index is -0.492. The summed E-state index contributed by atoms with van der Waals surface area (Å²) in [6.45, 7) is 5.49. The molecule has 1 saturated carbocycles. The Hall–Kier alpha value is -2.07. The van der Waals surface area contributed by atoms with Crippen molar-refractivity contribution >= 4 is 23.6 Å². The lowest BCUT2D eigenvalue weighted by atomic mass is 9.95. The number of esters is 1. The summed E-state index contributed by atoms with van der Waals surface area (Å²) < 4.78 is 4.99. The van der Waals surface area contributed by atoms with Gasteiger partial charge in [0.1, 0.15) is 11.1 Å². The van der Waals surface area contributed by atoms with Crippen LogP contribution in [0.5, 0.6) is 0 Å². The van der Waals surface area contributed by atoms with Crippen LogP contribution in [0, 0.1) is 18.3 Å². The molecule has 7 heteroatoms. The first-order valence-electron chi connectivity index (χ1n) is 9.02. The van der Waals surface area contributed by atoms with Crippen molar-refractivity contribution in [2.45, 2.75) is 69.2 Å². The zero-order valence-electron chi connectivity index (χ0n) is 15.5. The van der Waals surface area contributed by atoms with Gasteiger partial charge in [0.15, 0.2) is 0 Å². The summed E-state index contributed by atoms with van der Waals surface area (Å²) in [7, 11) is 0. The van der Waals surface area contributed by atoms with Gasteiger partial charge < -0.3 is 10.1 Å². The van der Waals surface area contributed by atoms with Crippen molar-refractivity contribution in [2.75, 3.05) is 6.61 Å². The van der Waals surface area contributed by atoms with Gasteiger partial charge in [-0.2, -0.15) is 5.26 Å². The average Bonchev–Trinajstić information content (AvgIpc) is 2.62. The molecule has 1 N–H and O–H groups in total. The number of aryl methyl sites for hydroxylation is 1. The van der Waals surface area contributed by atoms with Crippen LogP contribution in [0.4, 0.5) is 0 Å². The molecule has 1 aliphatic rings. The first-order chi connectivity index (χ1) is 12.5. The largest absolute Gasteiger partial charge is 0.462 e. The highest BCUT2D eigenvalue weighted by atomic mass is 32.2. The molecule has 0 bridgehead atoms. The quantitative estimate of drug-likeness (QED) is 0.605. The summed E-state index contributed by atoms with van der Waals surface area (Å²) in [6.07, 6.45) is 5.59. The van der Waals surface area contributed by atoms with Gasteiger partial charge in [-0.25, -0.2) is 9.78 Å². The molecule has 1 heterocycles. The number of nitriles is 1. The van der Waals surface area contributed by atoms with E-state index < -0.39 is 5.97 Å². The fraction of sp³-hybridized carbons (Fsp3) is 0.579. The van der Waals surface area contributed by atoms with E-state index in [9.17, 15) is 14.9 Å². The maximum absolute atomic E-state index is 12.4. The molecule has 0 unspecified atom stereocenters. The van der Waals surface area contributed by atoms with Crippen LogP contribution in [-0.4, -0.2) is 34.8 Å². The van der Waals surface area contributed by atoms with Gasteiger partial charge in [0, 0.05) is 6.04 Å². The van der Waals surface area contributed by atoms with E-state index in [0.29, 0.717) is 10.7 Å². The molecule has 0 aliphatic heterocycles. The highest BCUT2D eigenvalue weighted by molar-refractivity contribution is 8.00. The van der Waals surface area contributed by atoms with Crippen molar-refractivity contribution in [1.29, 1.82) is 5.26 Å². The topological polar surface area (TPSA) is 92.1 Å². The van der Waals surface area contributed by atoms with Gasteiger partial charge in [-0.05, 0) is 39.7 Å². The second-order valence-electron chi connectivity index (χ2n) is 6.41. The Kier molecular flexibility index (Phi) is 7.46. The lowest BCUT2D eigenvalue weighted by molar-refractivity contribution is -0.121. The highest BCUT2D eigenvalue weighted by Crippen LogP contribution is 2.27. The molecule has 26 heavy (non-hydrogen) atoms. The molecule has 0 aromatic carbocycles. The highest BCUT2D eigenvalue weighted by Gasteiger charge is 2.23. The molecule has 2 rings (SSSR count). The summed E-state index contributed by atoms with van der Waals surface area (Å²) in [5, 5.41) is 12.6. The molecule has 6 nitrogen and oxygen atoms in total. The Bertz CT molecular complexity index is 709. The molecular formula is C19H25N3O3S. The van der Waals surface area contributed by atoms with E-state index >= 15 is 0 Å². The number of rotatable bonds is 6. The van der Waals surface area contributed by atoms with E-state index in [-0.39, 0.29) is 34.9 Å². The van der Waals surface area contributed by atoms with E-state index in [1.165, 1.54) is 24.2 Å². The second-order valence-corrected chi connectivity index (χ2v) is 7.74. The van der Waals surface area contributed by atoms with Crippen molar-refractivity contribution in [3.05, 3.63) is 22.9 Å². The summed E-state index contributed by atoms with van der Waals surface area (Å²) in [5.41, 5.74) is 1.05. The Balaban J connectivity index is 2.10. The molecule has 1 atom stereocenters. The predicted octanol–water partition coefficient (Wildman–Crippen LogP) is 3.37. The maximum Gasteiger partial charge on any atom is 0.340 e.